The quantitative estimate of drug-likeness (QED) is 0.377. The summed E-state index contributed by atoms with van der Waals surface area (Å²) in [6.45, 7) is 2.85. The molecule has 0 bridgehead atoms. The minimum atomic E-state index is 0.00307. The summed E-state index contributed by atoms with van der Waals surface area (Å²) in [5, 5.41) is 11.5. The maximum atomic E-state index is 12.1. The number of carbonyl (C=O) groups excluding carboxylic acids is 1. The lowest BCUT2D eigenvalue weighted by Gasteiger charge is -2.32. The van der Waals surface area contributed by atoms with Crippen LogP contribution in [0.4, 0.5) is 0 Å². The Labute approximate surface area is 127 Å². The molecule has 6 nitrogen and oxygen atoms in total. The van der Waals surface area contributed by atoms with Crippen molar-refractivity contribution in [2.24, 2.45) is 10.9 Å². The fourth-order valence-corrected chi connectivity index (χ4v) is 3.12. The number of thioether (sulfide) groups is 1. The molecule has 0 aromatic heterocycles. The number of amides is 1. The van der Waals surface area contributed by atoms with Crippen molar-refractivity contribution in [3.8, 4) is 5.75 Å². The van der Waals surface area contributed by atoms with Crippen LogP contribution in [0.1, 0.15) is 12.5 Å². The molecule has 2 rings (SSSR count). The Morgan fingerprint density at radius 3 is 2.86 bits per heavy atom. The zero-order chi connectivity index (χ0) is 15.2. The highest BCUT2D eigenvalue weighted by Gasteiger charge is 2.23. The normalized spacial score (nSPS) is 19.4. The number of ether oxygens (including phenoxy) is 1. The van der Waals surface area contributed by atoms with Crippen molar-refractivity contribution in [3.05, 3.63) is 29.8 Å². The summed E-state index contributed by atoms with van der Waals surface area (Å²) >= 11 is 1.87. The lowest BCUT2D eigenvalue weighted by molar-refractivity contribution is -0.134. The van der Waals surface area contributed by atoms with E-state index in [1.165, 1.54) is 0 Å². The SMILES string of the molecule is CC1CSCCN1C(=O)COc1ccc(C(N)=NO)cc1. The molecule has 1 saturated heterocycles. The van der Waals surface area contributed by atoms with Crippen molar-refractivity contribution < 1.29 is 14.7 Å². The average Bonchev–Trinajstić information content (AvgIpc) is 2.52. The van der Waals surface area contributed by atoms with Crippen molar-refractivity contribution in [2.75, 3.05) is 24.7 Å². The Kier molecular flexibility index (Phi) is 5.32. The molecule has 0 aliphatic carbocycles. The van der Waals surface area contributed by atoms with Gasteiger partial charge in [0.25, 0.3) is 5.91 Å². The number of carbonyl (C=O) groups is 1. The summed E-state index contributed by atoms with van der Waals surface area (Å²) in [6, 6.07) is 6.99. The van der Waals surface area contributed by atoms with Gasteiger partial charge in [-0.3, -0.25) is 4.79 Å². The molecule has 3 N–H and O–H groups in total. The lowest BCUT2D eigenvalue weighted by Crippen LogP contribution is -2.46. The first kappa shape index (κ1) is 15.5. The van der Waals surface area contributed by atoms with E-state index < -0.39 is 0 Å². The van der Waals surface area contributed by atoms with Gasteiger partial charge >= 0.3 is 0 Å². The topological polar surface area (TPSA) is 88.2 Å². The summed E-state index contributed by atoms with van der Waals surface area (Å²) in [7, 11) is 0. The van der Waals surface area contributed by atoms with Gasteiger partial charge in [-0.15, -0.1) is 0 Å². The molecule has 0 spiro atoms. The van der Waals surface area contributed by atoms with E-state index in [0.29, 0.717) is 11.3 Å². The molecular weight excluding hydrogens is 290 g/mol. The smallest absolute Gasteiger partial charge is 0.260 e. The van der Waals surface area contributed by atoms with Gasteiger partial charge < -0.3 is 20.6 Å². The Morgan fingerprint density at radius 1 is 1.52 bits per heavy atom. The van der Waals surface area contributed by atoms with Crippen LogP contribution in [-0.4, -0.2) is 52.5 Å². The van der Waals surface area contributed by atoms with Crippen LogP contribution in [-0.2, 0) is 4.79 Å². The van der Waals surface area contributed by atoms with E-state index in [9.17, 15) is 4.79 Å². The van der Waals surface area contributed by atoms with Crippen molar-refractivity contribution >= 4 is 23.5 Å². The summed E-state index contributed by atoms with van der Waals surface area (Å²) < 4.78 is 5.50. The van der Waals surface area contributed by atoms with Crippen LogP contribution < -0.4 is 10.5 Å². The maximum absolute atomic E-state index is 12.1. The van der Waals surface area contributed by atoms with Gasteiger partial charge in [-0.2, -0.15) is 11.8 Å². The van der Waals surface area contributed by atoms with Crippen LogP contribution in [0.3, 0.4) is 0 Å². The van der Waals surface area contributed by atoms with Gasteiger partial charge in [0.1, 0.15) is 5.75 Å². The molecule has 1 fully saturated rings. The van der Waals surface area contributed by atoms with Crippen LogP contribution in [0.5, 0.6) is 5.75 Å². The highest BCUT2D eigenvalue weighted by atomic mass is 32.2. The minimum absolute atomic E-state index is 0.00307. The van der Waals surface area contributed by atoms with E-state index >= 15 is 0 Å². The van der Waals surface area contributed by atoms with Gasteiger partial charge in [-0.25, -0.2) is 0 Å². The van der Waals surface area contributed by atoms with Crippen molar-refractivity contribution in [2.45, 2.75) is 13.0 Å². The molecule has 1 amide bonds. The van der Waals surface area contributed by atoms with Gasteiger partial charge in [-0.05, 0) is 31.2 Å². The molecule has 7 heteroatoms. The molecule has 1 atom stereocenters. The predicted octanol–water partition coefficient (Wildman–Crippen LogP) is 1.12. The van der Waals surface area contributed by atoms with E-state index in [1.54, 1.807) is 24.3 Å². The first-order valence-corrected chi connectivity index (χ1v) is 7.85. The molecule has 114 valence electrons. The van der Waals surface area contributed by atoms with Gasteiger partial charge in [0.05, 0.1) is 0 Å². The van der Waals surface area contributed by atoms with Crippen molar-refractivity contribution in [3.63, 3.8) is 0 Å². The van der Waals surface area contributed by atoms with Gasteiger partial charge in [0.15, 0.2) is 12.4 Å². The van der Waals surface area contributed by atoms with Crippen LogP contribution in [0, 0.1) is 0 Å². The largest absolute Gasteiger partial charge is 0.484 e. The molecule has 0 saturated carbocycles. The number of oxime groups is 1. The number of hydrogen-bond donors (Lipinski definition) is 2. The molecule has 21 heavy (non-hydrogen) atoms. The summed E-state index contributed by atoms with van der Waals surface area (Å²) in [6.07, 6.45) is 0. The first-order valence-electron chi connectivity index (χ1n) is 6.70. The fourth-order valence-electron chi connectivity index (χ4n) is 2.11. The van der Waals surface area contributed by atoms with E-state index in [2.05, 4.69) is 12.1 Å². The van der Waals surface area contributed by atoms with Crippen LogP contribution >= 0.6 is 11.8 Å². The Hall–Kier alpha value is -1.89. The summed E-state index contributed by atoms with van der Waals surface area (Å²) in [5.41, 5.74) is 6.07. The fraction of sp³-hybridized carbons (Fsp3) is 0.429. The Bertz CT molecular complexity index is 519. The maximum Gasteiger partial charge on any atom is 0.260 e. The van der Waals surface area contributed by atoms with E-state index in [4.69, 9.17) is 15.7 Å². The average molecular weight is 309 g/mol. The second-order valence-corrected chi connectivity index (χ2v) is 5.96. The van der Waals surface area contributed by atoms with E-state index in [-0.39, 0.29) is 24.4 Å². The number of hydrogen-bond acceptors (Lipinski definition) is 5. The second kappa shape index (κ2) is 7.21. The molecule has 1 aliphatic heterocycles. The van der Waals surface area contributed by atoms with Crippen LogP contribution in [0.25, 0.3) is 0 Å². The molecule has 1 heterocycles. The number of nitrogens with two attached hydrogens (primary N) is 1. The van der Waals surface area contributed by atoms with Crippen molar-refractivity contribution in [1.29, 1.82) is 0 Å². The Balaban J connectivity index is 1.89. The first-order chi connectivity index (χ1) is 10.1. The monoisotopic (exact) mass is 309 g/mol. The standard InChI is InChI=1S/C14H19N3O3S/c1-10-9-21-7-6-17(10)13(18)8-20-12-4-2-11(3-5-12)14(15)16-19/h2-5,10,19H,6-9H2,1H3,(H2,15,16). The van der Waals surface area contributed by atoms with Crippen LogP contribution in [0.2, 0.25) is 0 Å². The molecule has 1 aromatic rings. The van der Waals surface area contributed by atoms with Gasteiger partial charge in [0, 0.05) is 29.7 Å². The highest BCUT2D eigenvalue weighted by Crippen LogP contribution is 2.17. The summed E-state index contributed by atoms with van der Waals surface area (Å²) in [4.78, 5) is 14.0. The third kappa shape index (κ3) is 4.04. The number of benzene rings is 1. The van der Waals surface area contributed by atoms with Crippen LogP contribution in [0.15, 0.2) is 29.4 Å². The van der Waals surface area contributed by atoms with Gasteiger partial charge in [-0.1, -0.05) is 5.16 Å². The van der Waals surface area contributed by atoms with E-state index in [0.717, 1.165) is 18.1 Å². The second-order valence-electron chi connectivity index (χ2n) is 4.81. The number of amidine groups is 1. The lowest BCUT2D eigenvalue weighted by atomic mass is 10.2. The molecule has 1 aromatic carbocycles. The van der Waals surface area contributed by atoms with E-state index in [1.807, 2.05) is 16.7 Å². The third-order valence-electron chi connectivity index (χ3n) is 3.31. The molecule has 1 aliphatic rings. The summed E-state index contributed by atoms with van der Waals surface area (Å²) in [5.74, 6) is 2.57. The minimum Gasteiger partial charge on any atom is -0.484 e. The highest BCUT2D eigenvalue weighted by molar-refractivity contribution is 7.99. The van der Waals surface area contributed by atoms with Gasteiger partial charge in [0.2, 0.25) is 0 Å². The number of nitrogens with zero attached hydrogens (tertiary/aromatic N) is 2. The molecule has 0 radical (unpaired) electrons. The van der Waals surface area contributed by atoms with Crippen molar-refractivity contribution in [1.82, 2.24) is 4.90 Å². The predicted molar refractivity (Wildman–Crippen MR) is 82.9 cm³/mol. The third-order valence-corrected chi connectivity index (χ3v) is 4.50. The zero-order valence-corrected chi connectivity index (χ0v) is 12.7. The molecular formula is C14H19N3O3S. The molecule has 1 unspecified atom stereocenters. The Morgan fingerprint density at radius 2 is 2.24 bits per heavy atom. The number of rotatable bonds is 4. The zero-order valence-electron chi connectivity index (χ0n) is 11.9.